The minimum absolute atomic E-state index is 0.0102. The molecule has 11 heteroatoms. The third kappa shape index (κ3) is 7.27. The van der Waals surface area contributed by atoms with Gasteiger partial charge in [0.05, 0.1) is 5.69 Å². The van der Waals surface area contributed by atoms with E-state index in [2.05, 4.69) is 30.8 Å². The number of nitrogens with two attached hydrogens (primary N) is 1. The summed E-state index contributed by atoms with van der Waals surface area (Å²) in [6.07, 6.45) is 6.49. The Labute approximate surface area is 198 Å². The lowest BCUT2D eigenvalue weighted by Gasteiger charge is -2.31. The zero-order valence-corrected chi connectivity index (χ0v) is 19.4. The molecule has 184 valence electrons. The molecule has 0 atom stereocenters. The molecule has 0 bridgehead atoms. The summed E-state index contributed by atoms with van der Waals surface area (Å²) in [5.74, 6) is -0.366. The van der Waals surface area contributed by atoms with E-state index in [-0.39, 0.29) is 29.1 Å². The van der Waals surface area contributed by atoms with Crippen LogP contribution in [-0.2, 0) is 0 Å². The van der Waals surface area contributed by atoms with Crippen molar-refractivity contribution < 1.29 is 9.18 Å². The molecule has 2 heterocycles. The first-order chi connectivity index (χ1) is 16.3. The Hall–Kier alpha value is -3.47. The highest BCUT2D eigenvalue weighted by Gasteiger charge is 2.23. The molecule has 2 amide bonds. The number of amides is 2. The molecule has 0 saturated carbocycles. The molecule has 0 spiro atoms. The normalized spacial score (nSPS) is 14.5. The number of carbonyl (C=O) groups is 1. The van der Waals surface area contributed by atoms with Crippen molar-refractivity contribution in [1.82, 2.24) is 20.2 Å². The summed E-state index contributed by atoms with van der Waals surface area (Å²) >= 11 is 0. The van der Waals surface area contributed by atoms with Gasteiger partial charge in [0.15, 0.2) is 5.96 Å². The molecule has 1 aromatic carbocycles. The molecule has 1 fully saturated rings. The lowest BCUT2D eigenvalue weighted by Crippen LogP contribution is -2.35. The maximum absolute atomic E-state index is 14.1. The summed E-state index contributed by atoms with van der Waals surface area (Å²) < 4.78 is 14.1. The average Bonchev–Trinajstić information content (AvgIpc) is 2.80. The smallest absolute Gasteiger partial charge is 0.326 e. The second kappa shape index (κ2) is 12.1. The van der Waals surface area contributed by atoms with E-state index < -0.39 is 11.8 Å². The van der Waals surface area contributed by atoms with Crippen molar-refractivity contribution in [3.8, 4) is 0 Å². The summed E-state index contributed by atoms with van der Waals surface area (Å²) in [5.41, 5.74) is 5.98. The monoisotopic (exact) mass is 472 g/mol. The van der Waals surface area contributed by atoms with Gasteiger partial charge in [0, 0.05) is 18.3 Å². The number of hydrogen-bond donors (Lipinski definition) is 6. The van der Waals surface area contributed by atoms with E-state index in [0.29, 0.717) is 11.1 Å². The highest BCUT2D eigenvalue weighted by Crippen LogP contribution is 2.25. The van der Waals surface area contributed by atoms with Crippen molar-refractivity contribution in [2.75, 3.05) is 36.8 Å². The molecule has 2 aromatic rings. The second-order valence-electron chi connectivity index (χ2n) is 8.54. The maximum atomic E-state index is 14.1. The molecule has 7 N–H and O–H groups in total. The van der Waals surface area contributed by atoms with Crippen LogP contribution >= 0.6 is 0 Å². The molecule has 34 heavy (non-hydrogen) atoms. The van der Waals surface area contributed by atoms with Crippen LogP contribution in [0.15, 0.2) is 29.2 Å². The van der Waals surface area contributed by atoms with Crippen LogP contribution in [0.1, 0.15) is 49.1 Å². The topological polar surface area (TPSA) is 152 Å². The lowest BCUT2D eigenvalue weighted by atomic mass is 9.91. The summed E-state index contributed by atoms with van der Waals surface area (Å²) in [5, 5.41) is 14.8. The number of anilines is 2. The predicted octanol–water partition coefficient (Wildman–Crippen LogP) is 2.69. The first-order valence-electron chi connectivity index (χ1n) is 11.6. The van der Waals surface area contributed by atoms with Gasteiger partial charge in [-0.3, -0.25) is 15.5 Å². The van der Waals surface area contributed by atoms with E-state index in [1.807, 2.05) is 0 Å². The molecule has 1 aliphatic rings. The van der Waals surface area contributed by atoms with Crippen LogP contribution in [0.5, 0.6) is 0 Å². The number of benzene rings is 1. The van der Waals surface area contributed by atoms with Gasteiger partial charge < -0.3 is 26.3 Å². The number of nitrogens with one attached hydrogen (secondary N) is 5. The number of unbranched alkanes of at least 4 members (excludes halogenated alkanes) is 2. The zero-order valence-electron chi connectivity index (χ0n) is 19.4. The predicted molar refractivity (Wildman–Crippen MR) is 131 cm³/mol. The molecule has 3 rings (SSSR count). The molecule has 0 aliphatic carbocycles. The van der Waals surface area contributed by atoms with Gasteiger partial charge in [-0.05, 0) is 69.8 Å². The van der Waals surface area contributed by atoms with Crippen LogP contribution < -0.4 is 27.2 Å². The number of H-pyrrole nitrogens is 1. The number of urea groups is 1. The quantitative estimate of drug-likeness (QED) is 0.187. The number of carbonyl (C=O) groups excluding carboxylic acids is 1. The van der Waals surface area contributed by atoms with E-state index in [1.54, 1.807) is 25.3 Å². The molecular weight excluding hydrogens is 439 g/mol. The molecule has 0 radical (unpaired) electrons. The molecule has 0 unspecified atom stereocenters. The second-order valence-corrected chi connectivity index (χ2v) is 8.54. The first kappa shape index (κ1) is 25.2. The fourth-order valence-electron chi connectivity index (χ4n) is 4.10. The number of piperidine rings is 1. The summed E-state index contributed by atoms with van der Waals surface area (Å²) in [4.78, 5) is 34.0. The fraction of sp³-hybridized carbons (Fsp3) is 0.478. The van der Waals surface area contributed by atoms with Gasteiger partial charge in [-0.25, -0.2) is 9.18 Å². The van der Waals surface area contributed by atoms with Crippen molar-refractivity contribution >= 4 is 23.6 Å². The van der Waals surface area contributed by atoms with Crippen molar-refractivity contribution in [3.05, 3.63) is 51.7 Å². The largest absolute Gasteiger partial charge is 0.370 e. The first-order valence-corrected chi connectivity index (χ1v) is 11.6. The van der Waals surface area contributed by atoms with E-state index >= 15 is 0 Å². The Morgan fingerprint density at radius 2 is 2.03 bits per heavy atom. The molecular formula is C23H33FN8O2. The van der Waals surface area contributed by atoms with Crippen LogP contribution in [0.4, 0.5) is 20.8 Å². The number of guanidine groups is 1. The number of nitrogens with zero attached hydrogens (tertiary/aromatic N) is 2. The van der Waals surface area contributed by atoms with Crippen LogP contribution in [0.2, 0.25) is 0 Å². The number of hydrogen-bond acceptors (Lipinski definition) is 5. The third-order valence-electron chi connectivity index (χ3n) is 5.99. The maximum Gasteiger partial charge on any atom is 0.326 e. The number of aromatic amines is 1. The zero-order chi connectivity index (χ0) is 24.5. The Morgan fingerprint density at radius 1 is 1.26 bits per heavy atom. The van der Waals surface area contributed by atoms with Crippen molar-refractivity contribution in [2.45, 2.75) is 44.9 Å². The summed E-state index contributed by atoms with van der Waals surface area (Å²) in [7, 11) is 0. The van der Waals surface area contributed by atoms with Crippen molar-refractivity contribution in [3.63, 3.8) is 0 Å². The van der Waals surface area contributed by atoms with Gasteiger partial charge in [-0.2, -0.15) is 4.98 Å². The minimum Gasteiger partial charge on any atom is -0.370 e. The van der Waals surface area contributed by atoms with Crippen LogP contribution in [0, 0.1) is 18.2 Å². The Bertz CT molecular complexity index is 1050. The van der Waals surface area contributed by atoms with Crippen LogP contribution in [0.25, 0.3) is 0 Å². The Balaban J connectivity index is 1.44. The van der Waals surface area contributed by atoms with Gasteiger partial charge >= 0.3 is 6.03 Å². The minimum atomic E-state index is -0.689. The Kier molecular flexibility index (Phi) is 8.97. The standard InChI is InChI=1S/C23H33FN8O2/c1-15-6-5-7-18(19(15)24)29-23(34)31-22-28-14-17(20(33)30-22)16-8-12-32(13-9-16)11-4-2-3-10-27-21(25)26/h5-7,14,16H,2-4,8-13H2,1H3,(H4,25,26,27)(H3,28,29,30,31,33,34). The third-order valence-corrected chi connectivity index (χ3v) is 5.99. The molecule has 1 saturated heterocycles. The fourth-order valence-corrected chi connectivity index (χ4v) is 4.10. The van der Waals surface area contributed by atoms with Crippen molar-refractivity contribution in [1.29, 1.82) is 5.41 Å². The number of aromatic nitrogens is 2. The van der Waals surface area contributed by atoms with E-state index in [4.69, 9.17) is 11.1 Å². The van der Waals surface area contributed by atoms with Crippen LogP contribution in [-0.4, -0.2) is 53.0 Å². The SMILES string of the molecule is Cc1cccc(NC(=O)Nc2nc(=O)c(C3CCN(CCCCCNC(=N)N)CC3)c[nH]2)c1F. The van der Waals surface area contributed by atoms with Gasteiger partial charge in [-0.15, -0.1) is 0 Å². The van der Waals surface area contributed by atoms with Gasteiger partial charge in [0.25, 0.3) is 5.56 Å². The molecule has 1 aromatic heterocycles. The lowest BCUT2D eigenvalue weighted by molar-refractivity contribution is 0.208. The van der Waals surface area contributed by atoms with Gasteiger partial charge in [0.1, 0.15) is 5.82 Å². The summed E-state index contributed by atoms with van der Waals surface area (Å²) in [6.45, 7) is 5.18. The molecule has 1 aliphatic heterocycles. The highest BCUT2D eigenvalue weighted by atomic mass is 19.1. The van der Waals surface area contributed by atoms with Crippen LogP contribution in [0.3, 0.4) is 0 Å². The number of halogens is 1. The van der Waals surface area contributed by atoms with Gasteiger partial charge in [-0.1, -0.05) is 18.6 Å². The van der Waals surface area contributed by atoms with E-state index in [1.165, 1.54) is 6.07 Å². The Morgan fingerprint density at radius 3 is 2.74 bits per heavy atom. The van der Waals surface area contributed by atoms with Crippen molar-refractivity contribution in [2.24, 2.45) is 5.73 Å². The molecule has 10 nitrogen and oxygen atoms in total. The summed E-state index contributed by atoms with van der Waals surface area (Å²) in [6, 6.07) is 4.02. The van der Waals surface area contributed by atoms with E-state index in [9.17, 15) is 14.0 Å². The van der Waals surface area contributed by atoms with Gasteiger partial charge in [0.2, 0.25) is 5.95 Å². The average molecular weight is 473 g/mol. The number of likely N-dealkylation sites (tertiary alicyclic amines) is 1. The van der Waals surface area contributed by atoms with E-state index in [0.717, 1.165) is 58.3 Å². The highest BCUT2D eigenvalue weighted by molar-refractivity contribution is 5.98. The number of aryl methyl sites for hydroxylation is 1. The number of rotatable bonds is 9.